The van der Waals surface area contributed by atoms with Gasteiger partial charge in [-0.25, -0.2) is 16.8 Å². The van der Waals surface area contributed by atoms with Crippen molar-refractivity contribution >= 4 is 25.9 Å². The number of rotatable bonds is 3. The molecular formula is C5H9N3O4S2. The quantitative estimate of drug-likeness (QED) is 0.734. The van der Waals surface area contributed by atoms with Gasteiger partial charge in [-0.1, -0.05) is 0 Å². The standard InChI is InChI=1S/C5H9N3O4S2/c1-13(9,10)7-5-3-4-8(6-5)14(2,11)12/h3-4H,1-2H3,(H,6,7). The second-order valence-corrected chi connectivity index (χ2v) is 6.30. The molecule has 0 fully saturated rings. The van der Waals surface area contributed by atoms with E-state index in [1.54, 1.807) is 0 Å². The number of nitrogens with zero attached hydrogens (tertiary/aromatic N) is 2. The van der Waals surface area contributed by atoms with Gasteiger partial charge in [-0.05, 0) is 0 Å². The molecule has 0 bridgehead atoms. The first-order chi connectivity index (χ1) is 6.18. The lowest BCUT2D eigenvalue weighted by atomic mass is 10.7. The highest BCUT2D eigenvalue weighted by molar-refractivity contribution is 7.92. The first-order valence-corrected chi connectivity index (χ1v) is 7.16. The maximum absolute atomic E-state index is 10.9. The molecule has 0 atom stereocenters. The molecule has 0 radical (unpaired) electrons. The van der Waals surface area contributed by atoms with E-state index in [0.29, 0.717) is 4.09 Å². The second-order valence-electron chi connectivity index (χ2n) is 2.71. The third-order valence-electron chi connectivity index (χ3n) is 1.20. The molecule has 7 nitrogen and oxygen atoms in total. The van der Waals surface area contributed by atoms with Gasteiger partial charge in [0, 0.05) is 12.3 Å². The number of hydrogen-bond acceptors (Lipinski definition) is 5. The van der Waals surface area contributed by atoms with Crippen LogP contribution in [0.15, 0.2) is 12.3 Å². The van der Waals surface area contributed by atoms with E-state index in [1.165, 1.54) is 6.07 Å². The average molecular weight is 239 g/mol. The van der Waals surface area contributed by atoms with Crippen LogP contribution in [-0.4, -0.2) is 38.5 Å². The topological polar surface area (TPSA) is 98.1 Å². The van der Waals surface area contributed by atoms with Gasteiger partial charge >= 0.3 is 0 Å². The number of anilines is 1. The van der Waals surface area contributed by atoms with Crippen LogP contribution in [0.5, 0.6) is 0 Å². The summed E-state index contributed by atoms with van der Waals surface area (Å²) in [7, 11) is -6.90. The van der Waals surface area contributed by atoms with Crippen LogP contribution in [0.25, 0.3) is 0 Å². The largest absolute Gasteiger partial charge is 0.266 e. The predicted molar refractivity (Wildman–Crippen MR) is 50.9 cm³/mol. The first kappa shape index (κ1) is 11.0. The summed E-state index contributed by atoms with van der Waals surface area (Å²) < 4.78 is 46.1. The van der Waals surface area contributed by atoms with Gasteiger partial charge < -0.3 is 0 Å². The first-order valence-electron chi connectivity index (χ1n) is 3.42. The number of nitrogens with one attached hydrogen (secondary N) is 1. The Hall–Kier alpha value is -1.09. The summed E-state index contributed by atoms with van der Waals surface area (Å²) in [6.07, 6.45) is 3.07. The number of aromatic nitrogens is 2. The molecule has 0 amide bonds. The van der Waals surface area contributed by atoms with Crippen LogP contribution in [-0.2, 0) is 20.0 Å². The summed E-state index contributed by atoms with van der Waals surface area (Å²) in [5.41, 5.74) is 0. The van der Waals surface area contributed by atoms with E-state index in [2.05, 4.69) is 5.10 Å². The molecule has 14 heavy (non-hydrogen) atoms. The Labute approximate surface area is 81.8 Å². The summed E-state index contributed by atoms with van der Waals surface area (Å²) in [6, 6.07) is 1.25. The Kier molecular flexibility index (Phi) is 2.54. The van der Waals surface area contributed by atoms with Crippen LogP contribution in [0, 0.1) is 0 Å². The third kappa shape index (κ3) is 3.00. The van der Waals surface area contributed by atoms with Crippen molar-refractivity contribution in [3.8, 4) is 0 Å². The summed E-state index contributed by atoms with van der Waals surface area (Å²) >= 11 is 0. The normalized spacial score (nSPS) is 12.7. The molecule has 1 heterocycles. The maximum atomic E-state index is 10.9. The van der Waals surface area contributed by atoms with Crippen molar-refractivity contribution in [2.45, 2.75) is 0 Å². The zero-order chi connectivity index (χ0) is 11.0. The van der Waals surface area contributed by atoms with Gasteiger partial charge in [-0.15, -0.1) is 5.10 Å². The van der Waals surface area contributed by atoms with E-state index in [0.717, 1.165) is 18.7 Å². The van der Waals surface area contributed by atoms with Gasteiger partial charge in [0.05, 0.1) is 12.5 Å². The highest BCUT2D eigenvalue weighted by Crippen LogP contribution is 2.05. The van der Waals surface area contributed by atoms with E-state index in [-0.39, 0.29) is 5.82 Å². The molecule has 0 saturated heterocycles. The van der Waals surface area contributed by atoms with Gasteiger partial charge in [0.15, 0.2) is 5.82 Å². The van der Waals surface area contributed by atoms with Crippen LogP contribution in [0.3, 0.4) is 0 Å². The zero-order valence-electron chi connectivity index (χ0n) is 7.50. The van der Waals surface area contributed by atoms with E-state index in [4.69, 9.17) is 0 Å². The molecule has 0 saturated carbocycles. The lowest BCUT2D eigenvalue weighted by Crippen LogP contribution is -2.13. The van der Waals surface area contributed by atoms with E-state index in [9.17, 15) is 16.8 Å². The van der Waals surface area contributed by atoms with Crippen LogP contribution in [0.2, 0.25) is 0 Å². The molecule has 1 aromatic heterocycles. The van der Waals surface area contributed by atoms with E-state index in [1.807, 2.05) is 4.72 Å². The molecule has 0 aliphatic heterocycles. The van der Waals surface area contributed by atoms with Crippen LogP contribution >= 0.6 is 0 Å². The van der Waals surface area contributed by atoms with Gasteiger partial charge in [0.1, 0.15) is 0 Å². The molecule has 0 aromatic carbocycles. The van der Waals surface area contributed by atoms with Gasteiger partial charge in [-0.3, -0.25) is 4.72 Å². The van der Waals surface area contributed by atoms with Crippen molar-refractivity contribution in [1.82, 2.24) is 9.19 Å². The Bertz CT molecular complexity index is 527. The van der Waals surface area contributed by atoms with Crippen molar-refractivity contribution < 1.29 is 16.8 Å². The summed E-state index contributed by atoms with van der Waals surface area (Å²) in [5.74, 6) is -0.0297. The molecule has 1 aromatic rings. The highest BCUT2D eigenvalue weighted by atomic mass is 32.2. The van der Waals surface area contributed by atoms with Crippen LogP contribution < -0.4 is 4.72 Å². The smallest absolute Gasteiger partial charge is 0.250 e. The highest BCUT2D eigenvalue weighted by Gasteiger charge is 2.09. The Morgan fingerprint density at radius 2 is 1.86 bits per heavy atom. The van der Waals surface area contributed by atoms with E-state index >= 15 is 0 Å². The molecule has 0 aliphatic rings. The fourth-order valence-electron chi connectivity index (χ4n) is 0.736. The van der Waals surface area contributed by atoms with Crippen molar-refractivity contribution in [3.05, 3.63) is 12.3 Å². The van der Waals surface area contributed by atoms with Crippen molar-refractivity contribution in [1.29, 1.82) is 0 Å². The number of sulfonamides is 1. The minimum Gasteiger partial charge on any atom is -0.266 e. The third-order valence-corrected chi connectivity index (χ3v) is 2.66. The minimum atomic E-state index is -3.47. The summed E-state index contributed by atoms with van der Waals surface area (Å²) in [4.78, 5) is 0. The van der Waals surface area contributed by atoms with Crippen molar-refractivity contribution in [2.24, 2.45) is 0 Å². The van der Waals surface area contributed by atoms with Crippen LogP contribution in [0.1, 0.15) is 0 Å². The second kappa shape index (κ2) is 3.24. The molecule has 0 aliphatic carbocycles. The zero-order valence-corrected chi connectivity index (χ0v) is 9.13. The van der Waals surface area contributed by atoms with Gasteiger partial charge in [0.2, 0.25) is 10.0 Å². The molecule has 1 N–H and O–H groups in total. The lowest BCUT2D eigenvalue weighted by Gasteiger charge is -1.98. The molecule has 80 valence electrons. The fraction of sp³-hybridized carbons (Fsp3) is 0.400. The Balaban J connectivity index is 3.02. The fourth-order valence-corrected chi connectivity index (χ4v) is 1.74. The lowest BCUT2D eigenvalue weighted by molar-refractivity contribution is 0.586. The van der Waals surface area contributed by atoms with Crippen molar-refractivity contribution in [3.63, 3.8) is 0 Å². The predicted octanol–water partition coefficient (Wildman–Crippen LogP) is -0.938. The Morgan fingerprint density at radius 3 is 2.21 bits per heavy atom. The molecular weight excluding hydrogens is 230 g/mol. The van der Waals surface area contributed by atoms with Gasteiger partial charge in [-0.2, -0.15) is 4.09 Å². The van der Waals surface area contributed by atoms with Gasteiger partial charge in [0.25, 0.3) is 10.0 Å². The summed E-state index contributed by atoms with van der Waals surface area (Å²) in [6.45, 7) is 0. The SMILES string of the molecule is CS(=O)(=O)Nc1ccn(S(C)(=O)=O)n1. The monoisotopic (exact) mass is 239 g/mol. The average Bonchev–Trinajstić information content (AvgIpc) is 2.29. The summed E-state index contributed by atoms with van der Waals surface area (Å²) in [5, 5.41) is 3.51. The molecule has 0 spiro atoms. The molecule has 0 unspecified atom stereocenters. The van der Waals surface area contributed by atoms with E-state index < -0.39 is 20.0 Å². The Morgan fingerprint density at radius 1 is 1.29 bits per heavy atom. The minimum absolute atomic E-state index is 0.0297. The maximum Gasteiger partial charge on any atom is 0.250 e. The molecule has 9 heteroatoms. The molecule has 1 rings (SSSR count). The van der Waals surface area contributed by atoms with Crippen molar-refractivity contribution in [2.75, 3.05) is 17.2 Å². The number of hydrogen-bond donors (Lipinski definition) is 1. The van der Waals surface area contributed by atoms with Crippen LogP contribution in [0.4, 0.5) is 5.82 Å².